The zero-order chi connectivity index (χ0) is 10.7. The SMILES string of the molecule is [CH2]c1nn[nH]c1Cc1cccc(C#N)c1. The van der Waals surface area contributed by atoms with Gasteiger partial charge in [0.25, 0.3) is 0 Å². The molecule has 4 heteroatoms. The predicted octanol–water partition coefficient (Wildman–Crippen LogP) is 1.45. The Balaban J connectivity index is 2.25. The lowest BCUT2D eigenvalue weighted by molar-refractivity contribution is 0.913. The molecule has 1 heterocycles. The quantitative estimate of drug-likeness (QED) is 0.792. The van der Waals surface area contributed by atoms with Gasteiger partial charge < -0.3 is 0 Å². The van der Waals surface area contributed by atoms with E-state index in [2.05, 4.69) is 28.4 Å². The molecule has 0 aliphatic rings. The molecule has 0 fully saturated rings. The Labute approximate surface area is 87.6 Å². The summed E-state index contributed by atoms with van der Waals surface area (Å²) in [5.41, 5.74) is 3.23. The van der Waals surface area contributed by atoms with Crippen LogP contribution in [0.5, 0.6) is 0 Å². The van der Waals surface area contributed by atoms with Gasteiger partial charge in [-0.25, -0.2) is 0 Å². The number of H-pyrrole nitrogens is 1. The highest BCUT2D eigenvalue weighted by atomic mass is 15.3. The molecule has 1 radical (unpaired) electrons. The molecule has 1 aromatic carbocycles. The maximum atomic E-state index is 8.75. The van der Waals surface area contributed by atoms with Crippen LogP contribution in [0.3, 0.4) is 0 Å². The molecule has 73 valence electrons. The van der Waals surface area contributed by atoms with Crippen LogP contribution >= 0.6 is 0 Å². The monoisotopic (exact) mass is 197 g/mol. The minimum Gasteiger partial charge on any atom is -0.262 e. The molecule has 4 nitrogen and oxygen atoms in total. The van der Waals surface area contributed by atoms with Crippen LogP contribution in [0.2, 0.25) is 0 Å². The lowest BCUT2D eigenvalue weighted by Crippen LogP contribution is -1.91. The van der Waals surface area contributed by atoms with E-state index in [1.165, 1.54) is 0 Å². The molecule has 0 spiro atoms. The van der Waals surface area contributed by atoms with E-state index >= 15 is 0 Å². The molecule has 0 unspecified atom stereocenters. The van der Waals surface area contributed by atoms with Crippen molar-refractivity contribution in [3.05, 3.63) is 53.7 Å². The van der Waals surface area contributed by atoms with E-state index in [0.29, 0.717) is 17.7 Å². The molecule has 0 aliphatic carbocycles. The normalized spacial score (nSPS) is 9.87. The maximum absolute atomic E-state index is 8.75. The Morgan fingerprint density at radius 1 is 1.47 bits per heavy atom. The van der Waals surface area contributed by atoms with Crippen molar-refractivity contribution in [3.63, 3.8) is 0 Å². The van der Waals surface area contributed by atoms with Crippen molar-refractivity contribution in [1.29, 1.82) is 5.26 Å². The van der Waals surface area contributed by atoms with Crippen LogP contribution in [0, 0.1) is 18.3 Å². The van der Waals surface area contributed by atoms with Crippen LogP contribution in [-0.2, 0) is 6.42 Å². The molecule has 15 heavy (non-hydrogen) atoms. The van der Waals surface area contributed by atoms with Crippen molar-refractivity contribution >= 4 is 0 Å². The molecule has 0 amide bonds. The highest BCUT2D eigenvalue weighted by Gasteiger charge is 2.03. The highest BCUT2D eigenvalue weighted by Crippen LogP contribution is 2.10. The highest BCUT2D eigenvalue weighted by molar-refractivity contribution is 5.35. The summed E-state index contributed by atoms with van der Waals surface area (Å²) in [5.74, 6) is 0. The Bertz CT molecular complexity index is 507. The molecule has 1 aromatic heterocycles. The van der Waals surface area contributed by atoms with Crippen molar-refractivity contribution < 1.29 is 0 Å². The summed E-state index contributed by atoms with van der Waals surface area (Å²) >= 11 is 0. The van der Waals surface area contributed by atoms with E-state index in [4.69, 9.17) is 5.26 Å². The van der Waals surface area contributed by atoms with Crippen molar-refractivity contribution in [1.82, 2.24) is 15.4 Å². The molecular weight excluding hydrogens is 188 g/mol. The summed E-state index contributed by atoms with van der Waals surface area (Å²) in [7, 11) is 0. The molecule has 1 N–H and O–H groups in total. The summed E-state index contributed by atoms with van der Waals surface area (Å²) in [6, 6.07) is 9.55. The van der Waals surface area contributed by atoms with Gasteiger partial charge in [-0.2, -0.15) is 5.26 Å². The number of rotatable bonds is 2. The first-order valence-electron chi connectivity index (χ1n) is 4.50. The minimum atomic E-state index is 0.650. The van der Waals surface area contributed by atoms with Crippen molar-refractivity contribution in [2.75, 3.05) is 0 Å². The number of nitrogens with one attached hydrogen (secondary N) is 1. The third-order valence-electron chi connectivity index (χ3n) is 2.14. The molecular formula is C11H9N4. The number of hydrogen-bond acceptors (Lipinski definition) is 3. The molecule has 0 atom stereocenters. The van der Waals surface area contributed by atoms with E-state index in [9.17, 15) is 0 Å². The van der Waals surface area contributed by atoms with Crippen LogP contribution in [0.1, 0.15) is 22.5 Å². The third-order valence-corrected chi connectivity index (χ3v) is 2.14. The van der Waals surface area contributed by atoms with Gasteiger partial charge in [-0.3, -0.25) is 5.10 Å². The van der Waals surface area contributed by atoms with Gasteiger partial charge in [0.1, 0.15) is 0 Å². The topological polar surface area (TPSA) is 65.4 Å². The van der Waals surface area contributed by atoms with E-state index < -0.39 is 0 Å². The second-order valence-electron chi connectivity index (χ2n) is 3.23. The fourth-order valence-corrected chi connectivity index (χ4v) is 1.37. The average Bonchev–Trinajstić information content (AvgIpc) is 2.65. The number of nitriles is 1. The number of nitrogens with zero attached hydrogens (tertiary/aromatic N) is 3. The van der Waals surface area contributed by atoms with Crippen molar-refractivity contribution in [2.45, 2.75) is 6.42 Å². The van der Waals surface area contributed by atoms with Gasteiger partial charge in [0.2, 0.25) is 0 Å². The lowest BCUT2D eigenvalue weighted by atomic mass is 10.1. The number of hydrogen-bond donors (Lipinski definition) is 1. The summed E-state index contributed by atoms with van der Waals surface area (Å²) in [6.45, 7) is 3.75. The molecule has 0 saturated carbocycles. The number of aromatic amines is 1. The predicted molar refractivity (Wildman–Crippen MR) is 54.8 cm³/mol. The summed E-state index contributed by atoms with van der Waals surface area (Å²) in [5, 5.41) is 19.0. The number of benzene rings is 1. The van der Waals surface area contributed by atoms with Gasteiger partial charge in [0.05, 0.1) is 23.0 Å². The van der Waals surface area contributed by atoms with E-state index in [0.717, 1.165) is 11.3 Å². The van der Waals surface area contributed by atoms with Gasteiger partial charge in [-0.05, 0) is 24.6 Å². The average molecular weight is 197 g/mol. The van der Waals surface area contributed by atoms with Gasteiger partial charge in [-0.15, -0.1) is 5.10 Å². The Kier molecular flexibility index (Phi) is 2.46. The maximum Gasteiger partial charge on any atom is 0.0991 e. The Morgan fingerprint density at radius 3 is 3.00 bits per heavy atom. The Hall–Kier alpha value is -2.15. The van der Waals surface area contributed by atoms with Crippen LogP contribution in [0.15, 0.2) is 24.3 Å². The first-order chi connectivity index (χ1) is 7.29. The van der Waals surface area contributed by atoms with Gasteiger partial charge in [-0.1, -0.05) is 17.3 Å². The van der Waals surface area contributed by atoms with E-state index in [1.807, 2.05) is 18.2 Å². The van der Waals surface area contributed by atoms with E-state index in [-0.39, 0.29) is 0 Å². The first kappa shape index (κ1) is 9.41. The zero-order valence-corrected chi connectivity index (χ0v) is 8.07. The third kappa shape index (κ3) is 2.02. The van der Waals surface area contributed by atoms with Crippen LogP contribution in [0.25, 0.3) is 0 Å². The lowest BCUT2D eigenvalue weighted by Gasteiger charge is -1.99. The minimum absolute atomic E-state index is 0.650. The largest absolute Gasteiger partial charge is 0.262 e. The van der Waals surface area contributed by atoms with Crippen LogP contribution in [-0.4, -0.2) is 15.4 Å². The van der Waals surface area contributed by atoms with Gasteiger partial charge >= 0.3 is 0 Å². The second kappa shape index (κ2) is 3.93. The second-order valence-corrected chi connectivity index (χ2v) is 3.23. The van der Waals surface area contributed by atoms with Gasteiger partial charge in [0.15, 0.2) is 0 Å². The summed E-state index contributed by atoms with van der Waals surface area (Å²) in [6.07, 6.45) is 0.668. The fourth-order valence-electron chi connectivity index (χ4n) is 1.37. The fraction of sp³-hybridized carbons (Fsp3) is 0.0909. The molecule has 2 aromatic rings. The molecule has 2 rings (SSSR count). The molecule has 0 bridgehead atoms. The molecule has 0 aliphatic heterocycles. The standard InChI is InChI=1S/C11H9N4/c1-8-11(14-15-13-8)6-9-3-2-4-10(5-9)7-12/h2-5H,1,6H2,(H,13,14,15). The van der Waals surface area contributed by atoms with E-state index in [1.54, 1.807) is 6.07 Å². The molecule has 0 saturated heterocycles. The zero-order valence-electron chi connectivity index (χ0n) is 8.07. The first-order valence-corrected chi connectivity index (χ1v) is 4.50. The summed E-state index contributed by atoms with van der Waals surface area (Å²) < 4.78 is 0. The Morgan fingerprint density at radius 2 is 2.33 bits per heavy atom. The number of aromatic nitrogens is 3. The van der Waals surface area contributed by atoms with Gasteiger partial charge in [0, 0.05) is 6.42 Å². The van der Waals surface area contributed by atoms with Crippen molar-refractivity contribution in [3.8, 4) is 6.07 Å². The smallest absolute Gasteiger partial charge is 0.0991 e. The van der Waals surface area contributed by atoms with Crippen LogP contribution < -0.4 is 0 Å². The summed E-state index contributed by atoms with van der Waals surface area (Å²) in [4.78, 5) is 0. The van der Waals surface area contributed by atoms with Crippen LogP contribution in [0.4, 0.5) is 0 Å². The van der Waals surface area contributed by atoms with Crippen molar-refractivity contribution in [2.24, 2.45) is 0 Å².